The summed E-state index contributed by atoms with van der Waals surface area (Å²) in [6, 6.07) is 7.24. The maximum Gasteiger partial charge on any atom is 0.263 e. The van der Waals surface area contributed by atoms with Crippen molar-refractivity contribution in [1.29, 1.82) is 0 Å². The summed E-state index contributed by atoms with van der Waals surface area (Å²) in [7, 11) is 3.69. The molecule has 0 radical (unpaired) electrons. The molecule has 8 nitrogen and oxygen atoms in total. The summed E-state index contributed by atoms with van der Waals surface area (Å²) in [5, 5.41) is 0.885. The molecule has 2 aliphatic heterocycles. The molecule has 166 valence electrons. The second-order valence-electron chi connectivity index (χ2n) is 8.67. The summed E-state index contributed by atoms with van der Waals surface area (Å²) >= 11 is 0. The van der Waals surface area contributed by atoms with E-state index in [4.69, 9.17) is 4.42 Å². The van der Waals surface area contributed by atoms with Crippen molar-refractivity contribution in [2.45, 2.75) is 13.0 Å². The first-order valence-electron chi connectivity index (χ1n) is 10.9. The van der Waals surface area contributed by atoms with Gasteiger partial charge in [-0.3, -0.25) is 14.4 Å². The first-order chi connectivity index (χ1) is 15.4. The van der Waals surface area contributed by atoms with Crippen LogP contribution in [-0.4, -0.2) is 70.9 Å². The second-order valence-corrected chi connectivity index (χ2v) is 8.67. The number of hydrogen-bond acceptors (Lipinski definition) is 5. The SMILES string of the molecule is CN1CCN(C(=O)c2c3c(cn(C)c2=O)CN(C(=O)c2ccc4occc4c2)CC3)CC1. The van der Waals surface area contributed by atoms with E-state index in [0.717, 1.165) is 35.2 Å². The monoisotopic (exact) mass is 434 g/mol. The van der Waals surface area contributed by atoms with Gasteiger partial charge in [0.1, 0.15) is 11.1 Å². The predicted octanol–water partition coefficient (Wildman–Crippen LogP) is 1.72. The van der Waals surface area contributed by atoms with Gasteiger partial charge in [0.2, 0.25) is 0 Å². The first-order valence-corrected chi connectivity index (χ1v) is 10.9. The van der Waals surface area contributed by atoms with Crippen molar-refractivity contribution < 1.29 is 14.0 Å². The minimum atomic E-state index is -0.266. The third-order valence-electron chi connectivity index (χ3n) is 6.56. The lowest BCUT2D eigenvalue weighted by molar-refractivity contribution is 0.0659. The summed E-state index contributed by atoms with van der Waals surface area (Å²) < 4.78 is 6.83. The number of likely N-dealkylation sites (N-methyl/N-ethyl adjacent to an activating group) is 1. The van der Waals surface area contributed by atoms with Gasteiger partial charge in [-0.15, -0.1) is 0 Å². The van der Waals surface area contributed by atoms with E-state index in [1.165, 1.54) is 4.57 Å². The quantitative estimate of drug-likeness (QED) is 0.614. The average Bonchev–Trinajstić information content (AvgIpc) is 3.27. The van der Waals surface area contributed by atoms with Crippen LogP contribution in [0.3, 0.4) is 0 Å². The van der Waals surface area contributed by atoms with Crippen LogP contribution < -0.4 is 5.56 Å². The molecular formula is C24H26N4O4. The number of benzene rings is 1. The van der Waals surface area contributed by atoms with Gasteiger partial charge in [-0.25, -0.2) is 0 Å². The number of amides is 2. The minimum absolute atomic E-state index is 0.0699. The van der Waals surface area contributed by atoms with Gasteiger partial charge in [-0.1, -0.05) is 0 Å². The van der Waals surface area contributed by atoms with Gasteiger partial charge in [0.15, 0.2) is 0 Å². The Morgan fingerprint density at radius 3 is 2.50 bits per heavy atom. The summed E-state index contributed by atoms with van der Waals surface area (Å²) in [5.41, 5.74) is 2.98. The molecule has 4 heterocycles. The largest absolute Gasteiger partial charge is 0.464 e. The Morgan fingerprint density at radius 2 is 1.72 bits per heavy atom. The molecule has 0 saturated carbocycles. The number of rotatable bonds is 2. The van der Waals surface area contributed by atoms with Gasteiger partial charge >= 0.3 is 0 Å². The van der Waals surface area contributed by atoms with Gasteiger partial charge in [0.25, 0.3) is 17.4 Å². The van der Waals surface area contributed by atoms with Crippen LogP contribution >= 0.6 is 0 Å². The third-order valence-corrected chi connectivity index (χ3v) is 6.56. The smallest absolute Gasteiger partial charge is 0.263 e. The molecular weight excluding hydrogens is 408 g/mol. The third kappa shape index (κ3) is 3.50. The van der Waals surface area contributed by atoms with Crippen LogP contribution in [0, 0.1) is 0 Å². The summed E-state index contributed by atoms with van der Waals surface area (Å²) in [6.07, 6.45) is 3.85. The highest BCUT2D eigenvalue weighted by molar-refractivity contribution is 5.98. The lowest BCUT2D eigenvalue weighted by Crippen LogP contribution is -2.49. The maximum absolute atomic E-state index is 13.3. The van der Waals surface area contributed by atoms with Crippen LogP contribution in [0.25, 0.3) is 11.0 Å². The van der Waals surface area contributed by atoms with Crippen LogP contribution in [0.1, 0.15) is 31.8 Å². The Balaban J connectivity index is 1.44. The van der Waals surface area contributed by atoms with Crippen molar-refractivity contribution in [2.75, 3.05) is 39.8 Å². The number of fused-ring (bicyclic) bond motifs is 2. The van der Waals surface area contributed by atoms with Gasteiger partial charge in [-0.2, -0.15) is 0 Å². The topological polar surface area (TPSA) is 79.0 Å². The molecule has 3 aromatic rings. The summed E-state index contributed by atoms with van der Waals surface area (Å²) in [6.45, 7) is 3.65. The van der Waals surface area contributed by atoms with E-state index in [2.05, 4.69) is 4.90 Å². The highest BCUT2D eigenvalue weighted by Gasteiger charge is 2.31. The number of piperazine rings is 1. The van der Waals surface area contributed by atoms with E-state index in [1.54, 1.807) is 41.4 Å². The van der Waals surface area contributed by atoms with Crippen molar-refractivity contribution in [3.05, 3.63) is 69.3 Å². The van der Waals surface area contributed by atoms with Crippen LogP contribution in [-0.2, 0) is 20.0 Å². The molecule has 2 amide bonds. The fourth-order valence-corrected chi connectivity index (χ4v) is 4.63. The molecule has 0 bridgehead atoms. The summed E-state index contributed by atoms with van der Waals surface area (Å²) in [5.74, 6) is -0.264. The molecule has 1 fully saturated rings. The Morgan fingerprint density at radius 1 is 0.938 bits per heavy atom. The van der Waals surface area contributed by atoms with Crippen molar-refractivity contribution in [1.82, 2.24) is 19.3 Å². The van der Waals surface area contributed by atoms with E-state index in [1.807, 2.05) is 19.2 Å². The average molecular weight is 434 g/mol. The lowest BCUT2D eigenvalue weighted by Gasteiger charge is -2.34. The molecule has 0 unspecified atom stereocenters. The molecule has 8 heteroatoms. The molecule has 5 rings (SSSR count). The number of hydrogen-bond donors (Lipinski definition) is 0. The number of pyridine rings is 1. The van der Waals surface area contributed by atoms with Crippen LogP contribution in [0.4, 0.5) is 0 Å². The molecule has 0 spiro atoms. The van der Waals surface area contributed by atoms with E-state index >= 15 is 0 Å². The summed E-state index contributed by atoms with van der Waals surface area (Å²) in [4.78, 5) is 45.1. The van der Waals surface area contributed by atoms with E-state index in [-0.39, 0.29) is 22.9 Å². The van der Waals surface area contributed by atoms with Gasteiger partial charge in [0.05, 0.1) is 6.26 Å². The molecule has 1 saturated heterocycles. The van der Waals surface area contributed by atoms with E-state index in [9.17, 15) is 14.4 Å². The molecule has 2 aliphatic rings. The standard InChI is InChI=1S/C24H26N4O4/c1-25-8-10-27(11-9-25)24(31)21-19-5-7-28(15-18(19)14-26(2)23(21)30)22(29)17-3-4-20-16(13-17)6-12-32-20/h3-4,6,12-14H,5,7-11,15H2,1-2H3. The Labute approximate surface area is 185 Å². The fraction of sp³-hybridized carbons (Fsp3) is 0.375. The highest BCUT2D eigenvalue weighted by atomic mass is 16.3. The van der Waals surface area contributed by atoms with Crippen molar-refractivity contribution >= 4 is 22.8 Å². The Kier molecular flexibility index (Phi) is 5.09. The minimum Gasteiger partial charge on any atom is -0.464 e. The zero-order valence-electron chi connectivity index (χ0n) is 18.3. The van der Waals surface area contributed by atoms with Gasteiger partial charge < -0.3 is 23.7 Å². The van der Waals surface area contributed by atoms with E-state index in [0.29, 0.717) is 38.2 Å². The zero-order valence-corrected chi connectivity index (χ0v) is 18.3. The van der Waals surface area contributed by atoms with Crippen molar-refractivity contribution in [3.8, 4) is 0 Å². The number of aromatic nitrogens is 1. The van der Waals surface area contributed by atoms with E-state index < -0.39 is 0 Å². The molecule has 2 aromatic heterocycles. The number of carbonyl (C=O) groups is 2. The number of nitrogens with zero attached hydrogens (tertiary/aromatic N) is 4. The maximum atomic E-state index is 13.3. The second kappa shape index (κ2) is 7.94. The normalized spacial score (nSPS) is 16.9. The molecule has 0 atom stereocenters. The molecule has 1 aromatic carbocycles. The number of aryl methyl sites for hydroxylation is 1. The Hall–Kier alpha value is -3.39. The van der Waals surface area contributed by atoms with Crippen LogP contribution in [0.2, 0.25) is 0 Å². The zero-order chi connectivity index (χ0) is 22.4. The number of carbonyl (C=O) groups excluding carboxylic acids is 2. The van der Waals surface area contributed by atoms with Crippen molar-refractivity contribution in [3.63, 3.8) is 0 Å². The first kappa shape index (κ1) is 20.5. The fourth-order valence-electron chi connectivity index (χ4n) is 4.63. The van der Waals surface area contributed by atoms with Gasteiger partial charge in [0, 0.05) is 63.5 Å². The Bertz CT molecular complexity index is 1270. The lowest BCUT2D eigenvalue weighted by atomic mass is 9.95. The molecule has 0 aliphatic carbocycles. The highest BCUT2D eigenvalue weighted by Crippen LogP contribution is 2.24. The molecule has 0 N–H and O–H groups in total. The van der Waals surface area contributed by atoms with Crippen molar-refractivity contribution in [2.24, 2.45) is 7.05 Å². The van der Waals surface area contributed by atoms with Gasteiger partial charge in [-0.05, 0) is 48.9 Å². The predicted molar refractivity (Wildman–Crippen MR) is 120 cm³/mol. The van der Waals surface area contributed by atoms with Crippen LogP contribution in [0.15, 0.2) is 45.9 Å². The molecule has 32 heavy (non-hydrogen) atoms. The number of furan rings is 1. The van der Waals surface area contributed by atoms with Crippen LogP contribution in [0.5, 0.6) is 0 Å².